The van der Waals surface area contributed by atoms with Crippen LogP contribution in [-0.4, -0.2) is 29.2 Å². The lowest BCUT2D eigenvalue weighted by molar-refractivity contribution is 0.0955. The van der Waals surface area contributed by atoms with Crippen LogP contribution < -0.4 is 10.2 Å². The quantitative estimate of drug-likeness (QED) is 0.391. The Bertz CT molecular complexity index is 925. The molecule has 0 bridgehead atoms. The molecule has 1 amide bonds. The van der Waals surface area contributed by atoms with Gasteiger partial charge in [0.05, 0.1) is 24.4 Å². The molecule has 0 aliphatic rings. The number of hydrogen-bond donors (Lipinski definition) is 3. The number of imidazole rings is 1. The maximum absolute atomic E-state index is 12.1. The number of carbonyl (C=O) groups excluding carboxylic acids is 1. The number of amides is 1. The fourth-order valence-corrected chi connectivity index (χ4v) is 2.31. The second-order valence-electron chi connectivity index (χ2n) is 4.81. The highest BCUT2D eigenvalue weighted by Gasteiger charge is 2.06. The number of carbonyl (C=O) groups is 1. The van der Waals surface area contributed by atoms with Crippen LogP contribution in [0.1, 0.15) is 15.9 Å². The molecule has 0 atom stereocenters. The largest absolute Gasteiger partial charge is 0.497 e. The smallest absolute Gasteiger partial charge is 0.271 e. The standard InChI is InChI=1S/C16H14N4O2S/c1-22-12-5-2-10(3-6-12)9-17-20-15(21)11-4-7-13-14(8-11)19-16(23)18-13/h2-9H,1H3,(H,20,21)(H2,18,19,23)/b17-9-. The highest BCUT2D eigenvalue weighted by Crippen LogP contribution is 2.12. The highest BCUT2D eigenvalue weighted by atomic mass is 32.1. The minimum Gasteiger partial charge on any atom is -0.497 e. The topological polar surface area (TPSA) is 82.3 Å². The second-order valence-corrected chi connectivity index (χ2v) is 5.22. The number of aromatic amines is 2. The molecule has 2 aromatic carbocycles. The summed E-state index contributed by atoms with van der Waals surface area (Å²) >= 11 is 5.02. The predicted molar refractivity (Wildman–Crippen MR) is 91.5 cm³/mol. The summed E-state index contributed by atoms with van der Waals surface area (Å²) in [5.41, 5.74) is 5.48. The molecule has 0 unspecified atom stereocenters. The van der Waals surface area contributed by atoms with Gasteiger partial charge in [-0.15, -0.1) is 0 Å². The van der Waals surface area contributed by atoms with Gasteiger partial charge in [-0.2, -0.15) is 5.10 Å². The van der Waals surface area contributed by atoms with Crippen LogP contribution >= 0.6 is 12.2 Å². The lowest BCUT2D eigenvalue weighted by Crippen LogP contribution is -2.17. The van der Waals surface area contributed by atoms with Gasteiger partial charge < -0.3 is 14.7 Å². The Morgan fingerprint density at radius 2 is 1.91 bits per heavy atom. The molecule has 3 rings (SSSR count). The van der Waals surface area contributed by atoms with E-state index < -0.39 is 0 Å². The molecule has 1 aromatic heterocycles. The number of hydrazone groups is 1. The predicted octanol–water partition coefficient (Wildman–Crippen LogP) is 3.00. The lowest BCUT2D eigenvalue weighted by Gasteiger charge is -2.01. The van der Waals surface area contributed by atoms with E-state index in [0.717, 1.165) is 22.3 Å². The first-order valence-corrected chi connectivity index (χ1v) is 7.26. The molecule has 0 saturated heterocycles. The maximum atomic E-state index is 12.1. The number of fused-ring (bicyclic) bond motifs is 1. The molecule has 0 spiro atoms. The Morgan fingerprint density at radius 3 is 2.65 bits per heavy atom. The van der Waals surface area contributed by atoms with Crippen molar-refractivity contribution >= 4 is 35.4 Å². The SMILES string of the molecule is COc1ccc(/C=N\NC(=O)c2ccc3[nH]c(=S)[nH]c3c2)cc1. The normalized spacial score (nSPS) is 11.0. The van der Waals surface area contributed by atoms with Crippen molar-refractivity contribution in [3.05, 3.63) is 58.4 Å². The molecule has 23 heavy (non-hydrogen) atoms. The minimum atomic E-state index is -0.294. The Hall–Kier alpha value is -2.93. The number of ether oxygens (including phenoxy) is 1. The summed E-state index contributed by atoms with van der Waals surface area (Å²) in [7, 11) is 1.61. The number of methoxy groups -OCH3 is 1. The number of benzene rings is 2. The molecule has 3 N–H and O–H groups in total. The molecule has 0 radical (unpaired) electrons. The summed E-state index contributed by atoms with van der Waals surface area (Å²) < 4.78 is 5.60. The van der Waals surface area contributed by atoms with Gasteiger partial charge in [-0.25, -0.2) is 5.43 Å². The molecule has 0 saturated carbocycles. The van der Waals surface area contributed by atoms with Crippen molar-refractivity contribution < 1.29 is 9.53 Å². The van der Waals surface area contributed by atoms with E-state index in [-0.39, 0.29) is 5.91 Å². The molecule has 0 aliphatic heterocycles. The molecule has 3 aromatic rings. The van der Waals surface area contributed by atoms with Crippen molar-refractivity contribution in [2.75, 3.05) is 7.11 Å². The van der Waals surface area contributed by atoms with E-state index in [2.05, 4.69) is 20.5 Å². The molecule has 6 nitrogen and oxygen atoms in total. The van der Waals surface area contributed by atoms with Gasteiger partial charge in [0.25, 0.3) is 5.91 Å². The van der Waals surface area contributed by atoms with E-state index in [4.69, 9.17) is 17.0 Å². The zero-order valence-electron chi connectivity index (χ0n) is 12.3. The monoisotopic (exact) mass is 326 g/mol. The van der Waals surface area contributed by atoms with E-state index in [1.807, 2.05) is 24.3 Å². The van der Waals surface area contributed by atoms with Crippen LogP contribution in [0.25, 0.3) is 11.0 Å². The van der Waals surface area contributed by atoms with Gasteiger partial charge >= 0.3 is 0 Å². The Balaban J connectivity index is 1.69. The van der Waals surface area contributed by atoms with Gasteiger partial charge in [-0.1, -0.05) is 0 Å². The number of nitrogens with zero attached hydrogens (tertiary/aromatic N) is 1. The zero-order chi connectivity index (χ0) is 16.2. The van der Waals surface area contributed by atoms with Crippen molar-refractivity contribution in [1.29, 1.82) is 0 Å². The average molecular weight is 326 g/mol. The third-order valence-electron chi connectivity index (χ3n) is 3.27. The molecule has 0 aliphatic carbocycles. The summed E-state index contributed by atoms with van der Waals surface area (Å²) in [6, 6.07) is 12.6. The second kappa shape index (κ2) is 6.45. The highest BCUT2D eigenvalue weighted by molar-refractivity contribution is 7.71. The van der Waals surface area contributed by atoms with E-state index in [1.165, 1.54) is 0 Å². The van der Waals surface area contributed by atoms with Crippen LogP contribution in [0.4, 0.5) is 0 Å². The van der Waals surface area contributed by atoms with Crippen molar-refractivity contribution in [2.24, 2.45) is 5.10 Å². The van der Waals surface area contributed by atoms with Gasteiger partial charge in [0.15, 0.2) is 4.77 Å². The average Bonchev–Trinajstić information content (AvgIpc) is 2.94. The number of aromatic nitrogens is 2. The number of rotatable bonds is 4. The van der Waals surface area contributed by atoms with Crippen LogP contribution in [0, 0.1) is 4.77 Å². The lowest BCUT2D eigenvalue weighted by atomic mass is 10.2. The van der Waals surface area contributed by atoms with Crippen molar-refractivity contribution in [3.8, 4) is 5.75 Å². The van der Waals surface area contributed by atoms with Gasteiger partial charge in [-0.3, -0.25) is 4.79 Å². The Kier molecular flexibility index (Phi) is 4.20. The molecule has 1 heterocycles. The molecule has 0 fully saturated rings. The summed E-state index contributed by atoms with van der Waals surface area (Å²) in [6.07, 6.45) is 1.57. The molecular formula is C16H14N4O2S. The van der Waals surface area contributed by atoms with Gasteiger partial charge in [0.2, 0.25) is 0 Å². The Morgan fingerprint density at radius 1 is 1.17 bits per heavy atom. The maximum Gasteiger partial charge on any atom is 0.271 e. The first-order valence-electron chi connectivity index (χ1n) is 6.85. The van der Waals surface area contributed by atoms with Gasteiger partial charge in [-0.05, 0) is 60.2 Å². The van der Waals surface area contributed by atoms with Crippen LogP contribution in [0.5, 0.6) is 5.75 Å². The van der Waals surface area contributed by atoms with Crippen molar-refractivity contribution in [2.45, 2.75) is 0 Å². The van der Waals surface area contributed by atoms with Crippen molar-refractivity contribution in [1.82, 2.24) is 15.4 Å². The number of hydrogen-bond acceptors (Lipinski definition) is 4. The van der Waals surface area contributed by atoms with E-state index >= 15 is 0 Å². The number of H-pyrrole nitrogens is 2. The van der Waals surface area contributed by atoms with Gasteiger partial charge in [0, 0.05) is 5.56 Å². The third-order valence-corrected chi connectivity index (χ3v) is 3.48. The molecule has 7 heteroatoms. The van der Waals surface area contributed by atoms with E-state index in [0.29, 0.717) is 10.3 Å². The summed E-state index contributed by atoms with van der Waals surface area (Å²) in [5.74, 6) is 0.473. The third kappa shape index (κ3) is 3.46. The van der Waals surface area contributed by atoms with Crippen molar-refractivity contribution in [3.63, 3.8) is 0 Å². The first-order chi connectivity index (χ1) is 11.2. The summed E-state index contributed by atoms with van der Waals surface area (Å²) in [6.45, 7) is 0. The van der Waals surface area contributed by atoms with Crippen LogP contribution in [-0.2, 0) is 0 Å². The molecular weight excluding hydrogens is 312 g/mol. The first kappa shape index (κ1) is 15.0. The van der Waals surface area contributed by atoms with Crippen LogP contribution in [0.15, 0.2) is 47.6 Å². The Labute approximate surface area is 137 Å². The van der Waals surface area contributed by atoms with Crippen LogP contribution in [0.3, 0.4) is 0 Å². The number of nitrogens with one attached hydrogen (secondary N) is 3. The molecule has 116 valence electrons. The van der Waals surface area contributed by atoms with Gasteiger partial charge in [0.1, 0.15) is 5.75 Å². The fraction of sp³-hybridized carbons (Fsp3) is 0.0625. The zero-order valence-corrected chi connectivity index (χ0v) is 13.1. The van der Waals surface area contributed by atoms with E-state index in [9.17, 15) is 4.79 Å². The summed E-state index contributed by atoms with van der Waals surface area (Å²) in [4.78, 5) is 18.1. The van der Waals surface area contributed by atoms with E-state index in [1.54, 1.807) is 31.5 Å². The summed E-state index contributed by atoms with van der Waals surface area (Å²) in [5, 5.41) is 3.95. The fourth-order valence-electron chi connectivity index (χ4n) is 2.09. The van der Waals surface area contributed by atoms with Crippen LogP contribution in [0.2, 0.25) is 0 Å². The minimum absolute atomic E-state index is 0.294.